The standard InChI is InChI=1S/C19H12N2OS2/c1-2-9-23-19-20-17(22)16-15(11-24-18(16)21-19)14-8-7-12-5-3-4-6-13(12)10-14/h1,3-8,10-11H,9H2,(H,20,21,22). The van der Waals surface area contributed by atoms with Crippen molar-refractivity contribution in [2.45, 2.75) is 5.16 Å². The second kappa shape index (κ2) is 6.16. The van der Waals surface area contributed by atoms with E-state index in [1.807, 2.05) is 23.6 Å². The Kier molecular flexibility index (Phi) is 3.85. The van der Waals surface area contributed by atoms with Gasteiger partial charge in [-0.15, -0.1) is 17.8 Å². The molecule has 0 saturated carbocycles. The number of rotatable bonds is 3. The third-order valence-electron chi connectivity index (χ3n) is 3.77. The number of benzene rings is 2. The number of thioether (sulfide) groups is 1. The number of aromatic nitrogens is 2. The van der Waals surface area contributed by atoms with Crippen molar-refractivity contribution in [1.29, 1.82) is 0 Å². The first-order valence-corrected chi connectivity index (χ1v) is 9.20. The fraction of sp³-hybridized carbons (Fsp3) is 0.0526. The van der Waals surface area contributed by atoms with Crippen LogP contribution in [0.25, 0.3) is 32.1 Å². The molecule has 0 bridgehead atoms. The molecule has 0 amide bonds. The summed E-state index contributed by atoms with van der Waals surface area (Å²) in [6.07, 6.45) is 5.26. The van der Waals surface area contributed by atoms with E-state index in [-0.39, 0.29) is 5.56 Å². The number of thiophene rings is 1. The van der Waals surface area contributed by atoms with Crippen molar-refractivity contribution >= 4 is 44.1 Å². The normalized spacial score (nSPS) is 11.0. The first-order valence-electron chi connectivity index (χ1n) is 7.33. The topological polar surface area (TPSA) is 45.8 Å². The molecule has 0 aliphatic rings. The third-order valence-corrected chi connectivity index (χ3v) is 5.42. The molecule has 2 heterocycles. The van der Waals surface area contributed by atoms with Gasteiger partial charge in [0, 0.05) is 10.9 Å². The summed E-state index contributed by atoms with van der Waals surface area (Å²) in [5.41, 5.74) is 1.82. The van der Waals surface area contributed by atoms with Crippen LogP contribution in [0.15, 0.2) is 57.8 Å². The van der Waals surface area contributed by atoms with Gasteiger partial charge < -0.3 is 4.98 Å². The monoisotopic (exact) mass is 348 g/mol. The van der Waals surface area contributed by atoms with Gasteiger partial charge in [0.2, 0.25) is 0 Å². The first kappa shape index (κ1) is 15.0. The van der Waals surface area contributed by atoms with Gasteiger partial charge in [-0.2, -0.15) is 0 Å². The lowest BCUT2D eigenvalue weighted by Gasteiger charge is -2.03. The lowest BCUT2D eigenvalue weighted by molar-refractivity contribution is 0.983. The van der Waals surface area contributed by atoms with Gasteiger partial charge in [0.05, 0.1) is 11.1 Å². The molecule has 2 aromatic heterocycles. The van der Waals surface area contributed by atoms with E-state index in [1.54, 1.807) is 0 Å². The molecule has 5 heteroatoms. The SMILES string of the molecule is C#CCSc1nc2scc(-c3ccc4ccccc4c3)c2c(=O)[nH]1. The summed E-state index contributed by atoms with van der Waals surface area (Å²) in [6, 6.07) is 14.4. The summed E-state index contributed by atoms with van der Waals surface area (Å²) in [5, 5.41) is 5.53. The minimum Gasteiger partial charge on any atom is -0.301 e. The number of hydrogen-bond acceptors (Lipinski definition) is 4. The summed E-state index contributed by atoms with van der Waals surface area (Å²) in [4.78, 5) is 20.6. The molecule has 0 spiro atoms. The third kappa shape index (κ3) is 2.60. The Labute approximate surface area is 146 Å². The van der Waals surface area contributed by atoms with Crippen LogP contribution in [0.2, 0.25) is 0 Å². The van der Waals surface area contributed by atoms with E-state index in [0.717, 1.165) is 21.3 Å². The lowest BCUT2D eigenvalue weighted by atomic mass is 10.0. The Morgan fingerprint density at radius 2 is 2.04 bits per heavy atom. The predicted molar refractivity (Wildman–Crippen MR) is 103 cm³/mol. The maximum atomic E-state index is 12.5. The minimum atomic E-state index is -0.121. The van der Waals surface area contributed by atoms with Gasteiger partial charge in [-0.3, -0.25) is 4.79 Å². The van der Waals surface area contributed by atoms with Crippen molar-refractivity contribution in [3.8, 4) is 23.5 Å². The highest BCUT2D eigenvalue weighted by atomic mass is 32.2. The highest BCUT2D eigenvalue weighted by molar-refractivity contribution is 7.99. The van der Waals surface area contributed by atoms with E-state index >= 15 is 0 Å². The summed E-state index contributed by atoms with van der Waals surface area (Å²) >= 11 is 2.84. The van der Waals surface area contributed by atoms with E-state index < -0.39 is 0 Å². The van der Waals surface area contributed by atoms with Gasteiger partial charge in [0.25, 0.3) is 5.56 Å². The number of hydrogen-bond donors (Lipinski definition) is 1. The van der Waals surface area contributed by atoms with E-state index in [1.165, 1.54) is 28.5 Å². The zero-order valence-corrected chi connectivity index (χ0v) is 14.2. The zero-order valence-electron chi connectivity index (χ0n) is 12.6. The smallest absolute Gasteiger partial charge is 0.260 e. The van der Waals surface area contributed by atoms with Crippen molar-refractivity contribution in [1.82, 2.24) is 9.97 Å². The van der Waals surface area contributed by atoms with Crippen molar-refractivity contribution in [3.63, 3.8) is 0 Å². The molecule has 0 fully saturated rings. The van der Waals surface area contributed by atoms with Crippen LogP contribution in [0.1, 0.15) is 0 Å². The average Bonchev–Trinajstić information content (AvgIpc) is 3.04. The Hall–Kier alpha value is -2.55. The van der Waals surface area contributed by atoms with Crippen LogP contribution in [-0.2, 0) is 0 Å². The molecule has 4 rings (SSSR count). The fourth-order valence-corrected chi connectivity index (χ4v) is 4.22. The Balaban J connectivity index is 1.87. The largest absolute Gasteiger partial charge is 0.301 e. The maximum absolute atomic E-state index is 12.5. The molecule has 0 radical (unpaired) electrons. The van der Waals surface area contributed by atoms with E-state index in [0.29, 0.717) is 16.3 Å². The van der Waals surface area contributed by atoms with Crippen LogP contribution in [0.4, 0.5) is 0 Å². The first-order chi connectivity index (χ1) is 11.8. The highest BCUT2D eigenvalue weighted by Gasteiger charge is 2.13. The van der Waals surface area contributed by atoms with E-state index in [2.05, 4.69) is 40.2 Å². The molecule has 4 aromatic rings. The van der Waals surface area contributed by atoms with Crippen LogP contribution in [0, 0.1) is 12.3 Å². The van der Waals surface area contributed by atoms with Gasteiger partial charge in [-0.25, -0.2) is 4.98 Å². The molecule has 116 valence electrons. The summed E-state index contributed by atoms with van der Waals surface area (Å²) < 4.78 is 0. The van der Waals surface area contributed by atoms with Crippen molar-refractivity contribution in [3.05, 3.63) is 58.2 Å². The van der Waals surface area contributed by atoms with Crippen molar-refractivity contribution < 1.29 is 0 Å². The van der Waals surface area contributed by atoms with Gasteiger partial charge in [0.15, 0.2) is 5.16 Å². The Morgan fingerprint density at radius 1 is 1.21 bits per heavy atom. The highest BCUT2D eigenvalue weighted by Crippen LogP contribution is 2.33. The maximum Gasteiger partial charge on any atom is 0.260 e. The number of nitrogens with zero attached hydrogens (tertiary/aromatic N) is 1. The molecular weight excluding hydrogens is 336 g/mol. The Morgan fingerprint density at radius 3 is 2.88 bits per heavy atom. The van der Waals surface area contributed by atoms with E-state index in [9.17, 15) is 4.79 Å². The quantitative estimate of drug-likeness (QED) is 0.336. The van der Waals surface area contributed by atoms with Crippen molar-refractivity contribution in [2.75, 3.05) is 5.75 Å². The average molecular weight is 348 g/mol. The number of terminal acetylenes is 1. The molecule has 0 saturated heterocycles. The summed E-state index contributed by atoms with van der Waals surface area (Å²) in [5.74, 6) is 3.02. The van der Waals surface area contributed by atoms with Gasteiger partial charge >= 0.3 is 0 Å². The fourth-order valence-electron chi connectivity index (χ4n) is 2.68. The second-order valence-electron chi connectivity index (χ2n) is 5.26. The van der Waals surface area contributed by atoms with Crippen LogP contribution in [0.5, 0.6) is 0 Å². The Bertz CT molecular complexity index is 1150. The molecule has 1 N–H and O–H groups in total. The summed E-state index contributed by atoms with van der Waals surface area (Å²) in [7, 11) is 0. The molecule has 3 nitrogen and oxygen atoms in total. The lowest BCUT2D eigenvalue weighted by Crippen LogP contribution is -2.08. The number of fused-ring (bicyclic) bond motifs is 2. The second-order valence-corrected chi connectivity index (χ2v) is 7.08. The molecule has 24 heavy (non-hydrogen) atoms. The molecule has 0 aliphatic heterocycles. The predicted octanol–water partition coefficient (Wildman–Crippen LogP) is 4.53. The molecule has 2 aromatic carbocycles. The summed E-state index contributed by atoms with van der Waals surface area (Å²) in [6.45, 7) is 0. The number of H-pyrrole nitrogens is 1. The minimum absolute atomic E-state index is 0.121. The van der Waals surface area contributed by atoms with Gasteiger partial charge in [-0.1, -0.05) is 54.1 Å². The van der Waals surface area contributed by atoms with Crippen LogP contribution in [0.3, 0.4) is 0 Å². The molecular formula is C19H12N2OS2. The molecule has 0 aliphatic carbocycles. The van der Waals surface area contributed by atoms with E-state index in [4.69, 9.17) is 6.42 Å². The number of aromatic amines is 1. The number of nitrogens with one attached hydrogen (secondary N) is 1. The molecule has 0 atom stereocenters. The zero-order chi connectivity index (χ0) is 16.5. The van der Waals surface area contributed by atoms with Crippen LogP contribution in [-0.4, -0.2) is 15.7 Å². The van der Waals surface area contributed by atoms with Gasteiger partial charge in [0.1, 0.15) is 4.83 Å². The molecule has 0 unspecified atom stereocenters. The van der Waals surface area contributed by atoms with Crippen molar-refractivity contribution in [2.24, 2.45) is 0 Å². The van der Waals surface area contributed by atoms with Gasteiger partial charge in [-0.05, 0) is 22.4 Å². The van der Waals surface area contributed by atoms with Crippen LogP contribution < -0.4 is 5.56 Å². The van der Waals surface area contributed by atoms with Crippen LogP contribution >= 0.6 is 23.1 Å².